The highest BCUT2D eigenvalue weighted by Gasteiger charge is 2.12. The van der Waals surface area contributed by atoms with Crippen LogP contribution in [0.25, 0.3) is 22.0 Å². The lowest BCUT2D eigenvalue weighted by Crippen LogP contribution is -2.35. The number of hydrogen-bond acceptors (Lipinski definition) is 3. The summed E-state index contributed by atoms with van der Waals surface area (Å²) in [5.41, 5.74) is 3.32. The molecule has 1 aliphatic rings. The zero-order chi connectivity index (χ0) is 21.5. The van der Waals surface area contributed by atoms with Crippen molar-refractivity contribution in [2.75, 3.05) is 26.7 Å². The number of benzene rings is 2. The van der Waals surface area contributed by atoms with Crippen LogP contribution in [0.4, 0.5) is 0 Å². The van der Waals surface area contributed by atoms with Gasteiger partial charge in [0.1, 0.15) is 12.3 Å². The van der Waals surface area contributed by atoms with Crippen LogP contribution in [0.15, 0.2) is 54.7 Å². The Morgan fingerprint density at radius 2 is 1.77 bits per heavy atom. The standard InChI is InChI=1S/C26H33N3O2/c1-31-24-11-9-21(10-12-24)23-8-7-22-13-16-29(25(22)17-23)19-26(30)28-15-14-27-18-20-5-3-2-4-6-20/h7-13,16-17,20,27H,2-6,14-15,18-19H2,1H3,(H,28,30). The van der Waals surface area contributed by atoms with Crippen LogP contribution in [-0.4, -0.2) is 37.2 Å². The van der Waals surface area contributed by atoms with Crippen LogP contribution in [0.3, 0.4) is 0 Å². The summed E-state index contributed by atoms with van der Waals surface area (Å²) in [6, 6.07) is 16.5. The van der Waals surface area contributed by atoms with E-state index in [-0.39, 0.29) is 5.91 Å². The Labute approximate surface area is 184 Å². The highest BCUT2D eigenvalue weighted by molar-refractivity contribution is 5.87. The second kappa shape index (κ2) is 10.5. The van der Waals surface area contributed by atoms with E-state index < -0.39 is 0 Å². The Bertz CT molecular complexity index is 988. The molecular formula is C26H33N3O2. The van der Waals surface area contributed by atoms with E-state index in [2.05, 4.69) is 47.0 Å². The first-order valence-electron chi connectivity index (χ1n) is 11.4. The molecule has 1 saturated carbocycles. The van der Waals surface area contributed by atoms with Gasteiger partial charge in [-0.3, -0.25) is 4.79 Å². The normalized spacial score (nSPS) is 14.6. The van der Waals surface area contributed by atoms with Gasteiger partial charge < -0.3 is 19.9 Å². The van der Waals surface area contributed by atoms with Crippen LogP contribution >= 0.6 is 0 Å². The van der Waals surface area contributed by atoms with Gasteiger partial charge in [0.15, 0.2) is 0 Å². The highest BCUT2D eigenvalue weighted by Crippen LogP contribution is 2.27. The first-order chi connectivity index (χ1) is 15.2. The number of methoxy groups -OCH3 is 1. The van der Waals surface area contributed by atoms with Crippen molar-refractivity contribution in [3.63, 3.8) is 0 Å². The molecule has 31 heavy (non-hydrogen) atoms. The topological polar surface area (TPSA) is 55.3 Å². The van der Waals surface area contributed by atoms with Crippen molar-refractivity contribution < 1.29 is 9.53 Å². The number of rotatable bonds is 9. The van der Waals surface area contributed by atoms with Crippen LogP contribution in [0.1, 0.15) is 32.1 Å². The maximum Gasteiger partial charge on any atom is 0.239 e. The molecule has 1 heterocycles. The molecule has 0 radical (unpaired) electrons. The predicted octanol–water partition coefficient (Wildman–Crippen LogP) is 4.60. The van der Waals surface area contributed by atoms with Crippen molar-refractivity contribution in [2.24, 2.45) is 5.92 Å². The molecule has 5 nitrogen and oxygen atoms in total. The molecule has 164 valence electrons. The molecule has 2 aromatic carbocycles. The van der Waals surface area contributed by atoms with E-state index in [1.54, 1.807) is 7.11 Å². The lowest BCUT2D eigenvalue weighted by atomic mass is 9.89. The van der Waals surface area contributed by atoms with Crippen LogP contribution in [-0.2, 0) is 11.3 Å². The van der Waals surface area contributed by atoms with Gasteiger partial charge in [-0.1, -0.05) is 43.5 Å². The average molecular weight is 420 g/mol. The third-order valence-corrected chi connectivity index (χ3v) is 6.29. The fourth-order valence-corrected chi connectivity index (χ4v) is 4.48. The summed E-state index contributed by atoms with van der Waals surface area (Å²) in [5, 5.41) is 7.69. The largest absolute Gasteiger partial charge is 0.497 e. The SMILES string of the molecule is COc1ccc(-c2ccc3ccn(CC(=O)NCCNCC4CCCCC4)c3c2)cc1. The van der Waals surface area contributed by atoms with E-state index in [1.165, 1.54) is 32.1 Å². The Hall–Kier alpha value is -2.79. The predicted molar refractivity (Wildman–Crippen MR) is 126 cm³/mol. The molecule has 2 N–H and O–H groups in total. The van der Waals surface area contributed by atoms with Crippen LogP contribution < -0.4 is 15.4 Å². The number of fused-ring (bicyclic) bond motifs is 1. The fraction of sp³-hybridized carbons (Fsp3) is 0.423. The molecular weight excluding hydrogens is 386 g/mol. The number of ether oxygens (including phenoxy) is 1. The number of carbonyl (C=O) groups excluding carboxylic acids is 1. The minimum atomic E-state index is 0.0480. The zero-order valence-corrected chi connectivity index (χ0v) is 18.4. The van der Waals surface area contributed by atoms with E-state index in [1.807, 2.05) is 22.9 Å². The van der Waals surface area contributed by atoms with E-state index in [0.717, 1.165) is 46.8 Å². The minimum absolute atomic E-state index is 0.0480. The summed E-state index contributed by atoms with van der Waals surface area (Å²) in [6.45, 7) is 2.91. The van der Waals surface area contributed by atoms with Crippen molar-refractivity contribution in [3.05, 3.63) is 54.7 Å². The number of aromatic nitrogens is 1. The Kier molecular flexibility index (Phi) is 7.26. The maximum absolute atomic E-state index is 12.5. The minimum Gasteiger partial charge on any atom is -0.497 e. The lowest BCUT2D eigenvalue weighted by Gasteiger charge is -2.21. The van der Waals surface area contributed by atoms with E-state index in [0.29, 0.717) is 13.1 Å². The third-order valence-electron chi connectivity index (χ3n) is 6.29. The molecule has 0 bridgehead atoms. The van der Waals surface area contributed by atoms with Gasteiger partial charge in [0.25, 0.3) is 0 Å². The number of hydrogen-bond donors (Lipinski definition) is 2. The van der Waals surface area contributed by atoms with Crippen LogP contribution in [0.2, 0.25) is 0 Å². The van der Waals surface area contributed by atoms with Gasteiger partial charge in [0.2, 0.25) is 5.91 Å². The van der Waals surface area contributed by atoms with E-state index in [4.69, 9.17) is 4.74 Å². The number of amides is 1. The molecule has 0 atom stereocenters. The zero-order valence-electron chi connectivity index (χ0n) is 18.4. The molecule has 0 spiro atoms. The highest BCUT2D eigenvalue weighted by atomic mass is 16.5. The Morgan fingerprint density at radius 1 is 1.00 bits per heavy atom. The van der Waals surface area contributed by atoms with Crippen molar-refractivity contribution in [3.8, 4) is 16.9 Å². The molecule has 3 aromatic rings. The van der Waals surface area contributed by atoms with Gasteiger partial charge in [-0.15, -0.1) is 0 Å². The van der Waals surface area contributed by atoms with Crippen molar-refractivity contribution in [1.29, 1.82) is 0 Å². The van der Waals surface area contributed by atoms with Gasteiger partial charge in [-0.25, -0.2) is 0 Å². The van der Waals surface area contributed by atoms with Gasteiger partial charge in [-0.05, 0) is 66.1 Å². The monoisotopic (exact) mass is 419 g/mol. The smallest absolute Gasteiger partial charge is 0.239 e. The lowest BCUT2D eigenvalue weighted by molar-refractivity contribution is -0.121. The molecule has 1 aliphatic carbocycles. The molecule has 0 aliphatic heterocycles. The fourth-order valence-electron chi connectivity index (χ4n) is 4.48. The average Bonchev–Trinajstić information content (AvgIpc) is 3.21. The third kappa shape index (κ3) is 5.67. The summed E-state index contributed by atoms with van der Waals surface area (Å²) in [5.74, 6) is 1.71. The van der Waals surface area contributed by atoms with Crippen molar-refractivity contribution in [2.45, 2.75) is 38.6 Å². The second-order valence-electron chi connectivity index (χ2n) is 8.50. The van der Waals surface area contributed by atoms with Gasteiger partial charge >= 0.3 is 0 Å². The summed E-state index contributed by atoms with van der Waals surface area (Å²) in [6.07, 6.45) is 8.81. The van der Waals surface area contributed by atoms with Crippen molar-refractivity contribution >= 4 is 16.8 Å². The maximum atomic E-state index is 12.5. The quantitative estimate of drug-likeness (QED) is 0.498. The van der Waals surface area contributed by atoms with Crippen molar-refractivity contribution in [1.82, 2.24) is 15.2 Å². The molecule has 1 aromatic heterocycles. The van der Waals surface area contributed by atoms with Gasteiger partial charge in [0, 0.05) is 24.8 Å². The van der Waals surface area contributed by atoms with E-state index in [9.17, 15) is 4.79 Å². The molecule has 5 heteroatoms. The van der Waals surface area contributed by atoms with Crippen LogP contribution in [0, 0.1) is 5.92 Å². The Balaban J connectivity index is 1.30. The molecule has 0 unspecified atom stereocenters. The van der Waals surface area contributed by atoms with E-state index >= 15 is 0 Å². The molecule has 1 fully saturated rings. The number of nitrogens with zero attached hydrogens (tertiary/aromatic N) is 1. The number of nitrogens with one attached hydrogen (secondary N) is 2. The molecule has 4 rings (SSSR count). The van der Waals surface area contributed by atoms with Crippen LogP contribution in [0.5, 0.6) is 5.75 Å². The molecule has 0 saturated heterocycles. The first-order valence-corrected chi connectivity index (χ1v) is 11.4. The summed E-state index contributed by atoms with van der Waals surface area (Å²) in [4.78, 5) is 12.5. The number of carbonyl (C=O) groups is 1. The first kappa shape index (κ1) is 21.4. The van der Waals surface area contributed by atoms with Gasteiger partial charge in [-0.2, -0.15) is 0 Å². The summed E-state index contributed by atoms with van der Waals surface area (Å²) >= 11 is 0. The Morgan fingerprint density at radius 3 is 2.55 bits per heavy atom. The second-order valence-corrected chi connectivity index (χ2v) is 8.50. The summed E-state index contributed by atoms with van der Waals surface area (Å²) < 4.78 is 7.27. The summed E-state index contributed by atoms with van der Waals surface area (Å²) in [7, 11) is 1.67. The van der Waals surface area contributed by atoms with Gasteiger partial charge in [0.05, 0.1) is 7.11 Å². The molecule has 1 amide bonds.